The van der Waals surface area contributed by atoms with Gasteiger partial charge >= 0.3 is 5.97 Å². The second-order valence-electron chi connectivity index (χ2n) is 4.79. The molecule has 21 heavy (non-hydrogen) atoms. The zero-order valence-electron chi connectivity index (χ0n) is 11.8. The van der Waals surface area contributed by atoms with Gasteiger partial charge in [-0.25, -0.2) is 8.42 Å². The van der Waals surface area contributed by atoms with Gasteiger partial charge in [0.25, 0.3) is 0 Å². The minimum absolute atomic E-state index is 0.0124. The van der Waals surface area contributed by atoms with Gasteiger partial charge in [-0.3, -0.25) is 9.59 Å². The van der Waals surface area contributed by atoms with E-state index in [1.807, 2.05) is 6.92 Å². The van der Waals surface area contributed by atoms with Crippen LogP contribution >= 0.6 is 0 Å². The molecule has 1 rings (SSSR count). The van der Waals surface area contributed by atoms with Gasteiger partial charge in [0.05, 0.1) is 4.90 Å². The number of nitrogens with two attached hydrogens (primary N) is 1. The van der Waals surface area contributed by atoms with Gasteiger partial charge in [0.1, 0.15) is 6.04 Å². The van der Waals surface area contributed by atoms with E-state index in [0.29, 0.717) is 5.56 Å². The third-order valence-electron chi connectivity index (χ3n) is 2.89. The van der Waals surface area contributed by atoms with Crippen LogP contribution in [0.5, 0.6) is 0 Å². The van der Waals surface area contributed by atoms with E-state index in [0.717, 1.165) is 5.56 Å². The van der Waals surface area contributed by atoms with E-state index in [9.17, 15) is 18.0 Å². The van der Waals surface area contributed by atoms with Crippen LogP contribution < -0.4 is 10.5 Å². The largest absolute Gasteiger partial charge is 0.480 e. The summed E-state index contributed by atoms with van der Waals surface area (Å²) in [6.45, 7) is 3.45. The van der Waals surface area contributed by atoms with Crippen LogP contribution in [0.2, 0.25) is 0 Å². The van der Waals surface area contributed by atoms with Gasteiger partial charge in [-0.05, 0) is 31.9 Å². The van der Waals surface area contributed by atoms with E-state index < -0.39 is 27.9 Å². The number of carbonyl (C=O) groups excluding carboxylic acids is 1. The number of rotatable bonds is 7. The third kappa shape index (κ3) is 4.83. The predicted molar refractivity (Wildman–Crippen MR) is 76.1 cm³/mol. The number of amides is 1. The molecule has 116 valence electrons. The number of carboxylic acid groups (broad SMARTS) is 1. The van der Waals surface area contributed by atoms with Crippen molar-refractivity contribution in [2.24, 2.45) is 5.73 Å². The lowest BCUT2D eigenvalue weighted by atomic mass is 10.2. The molecule has 1 aromatic carbocycles. The molecule has 0 aliphatic heterocycles. The molecule has 0 fully saturated rings. The van der Waals surface area contributed by atoms with Gasteiger partial charge < -0.3 is 10.8 Å². The Balaban J connectivity index is 3.00. The fourth-order valence-electron chi connectivity index (χ4n) is 1.87. The van der Waals surface area contributed by atoms with Gasteiger partial charge in [-0.15, -0.1) is 0 Å². The van der Waals surface area contributed by atoms with Gasteiger partial charge in [-0.2, -0.15) is 4.72 Å². The van der Waals surface area contributed by atoms with Crippen LogP contribution in [0.25, 0.3) is 0 Å². The molecule has 0 heterocycles. The van der Waals surface area contributed by atoms with Crippen molar-refractivity contribution in [3.8, 4) is 0 Å². The summed E-state index contributed by atoms with van der Waals surface area (Å²) in [5.41, 5.74) is 6.36. The SMILES string of the molecule is Cc1ccc(S(=O)(=O)NC(CCC(N)=O)C(=O)O)c(C)c1. The first-order valence-electron chi connectivity index (χ1n) is 6.24. The van der Waals surface area contributed by atoms with Gasteiger partial charge in [-0.1, -0.05) is 17.7 Å². The topological polar surface area (TPSA) is 127 Å². The highest BCUT2D eigenvalue weighted by molar-refractivity contribution is 7.89. The summed E-state index contributed by atoms with van der Waals surface area (Å²) in [5, 5.41) is 9.03. The molecule has 1 aromatic rings. The quantitative estimate of drug-likeness (QED) is 0.667. The van der Waals surface area contributed by atoms with Crippen LogP contribution in [0.1, 0.15) is 24.0 Å². The Morgan fingerprint density at radius 1 is 1.33 bits per heavy atom. The van der Waals surface area contributed by atoms with Crippen LogP contribution in [0.15, 0.2) is 23.1 Å². The average molecular weight is 314 g/mol. The summed E-state index contributed by atoms with van der Waals surface area (Å²) >= 11 is 0. The first kappa shape index (κ1) is 17.1. The van der Waals surface area contributed by atoms with E-state index in [-0.39, 0.29) is 17.7 Å². The molecule has 1 atom stereocenters. The number of carbonyl (C=O) groups is 2. The van der Waals surface area contributed by atoms with Crippen LogP contribution in [-0.4, -0.2) is 31.4 Å². The molecule has 0 aromatic heterocycles. The monoisotopic (exact) mass is 314 g/mol. The second-order valence-corrected chi connectivity index (χ2v) is 6.47. The summed E-state index contributed by atoms with van der Waals surface area (Å²) in [6.07, 6.45) is -0.416. The van der Waals surface area contributed by atoms with Crippen molar-refractivity contribution in [1.29, 1.82) is 0 Å². The molecule has 0 saturated carbocycles. The Hall–Kier alpha value is -1.93. The molecule has 4 N–H and O–H groups in total. The number of carboxylic acids is 1. The number of primary amides is 1. The molecule has 1 amide bonds. The Labute approximate surface area is 123 Å². The van der Waals surface area contributed by atoms with Gasteiger partial charge in [0.15, 0.2) is 0 Å². The van der Waals surface area contributed by atoms with Crippen molar-refractivity contribution >= 4 is 21.9 Å². The summed E-state index contributed by atoms with van der Waals surface area (Å²) in [4.78, 5) is 21.8. The molecule has 0 bridgehead atoms. The summed E-state index contributed by atoms with van der Waals surface area (Å²) in [5.74, 6) is -2.04. The molecule has 0 aliphatic rings. The lowest BCUT2D eigenvalue weighted by Gasteiger charge is -2.15. The van der Waals surface area contributed by atoms with Crippen molar-refractivity contribution in [3.63, 3.8) is 0 Å². The highest BCUT2D eigenvalue weighted by Gasteiger charge is 2.26. The van der Waals surface area contributed by atoms with E-state index in [1.54, 1.807) is 19.1 Å². The number of nitrogens with one attached hydrogen (secondary N) is 1. The first-order chi connectivity index (χ1) is 9.63. The van der Waals surface area contributed by atoms with Crippen molar-refractivity contribution < 1.29 is 23.1 Å². The number of hydrogen-bond donors (Lipinski definition) is 3. The Morgan fingerprint density at radius 3 is 2.43 bits per heavy atom. The molecule has 0 aliphatic carbocycles. The Kier molecular flexibility index (Phi) is 5.45. The molecule has 7 nitrogen and oxygen atoms in total. The summed E-state index contributed by atoms with van der Waals surface area (Å²) < 4.78 is 26.6. The minimum atomic E-state index is -3.98. The zero-order valence-corrected chi connectivity index (χ0v) is 12.6. The number of aryl methyl sites for hydroxylation is 2. The van der Waals surface area contributed by atoms with Crippen LogP contribution in [-0.2, 0) is 19.6 Å². The van der Waals surface area contributed by atoms with Crippen molar-refractivity contribution in [2.45, 2.75) is 37.6 Å². The first-order valence-corrected chi connectivity index (χ1v) is 7.72. The van der Waals surface area contributed by atoms with Crippen LogP contribution in [0.3, 0.4) is 0 Å². The summed E-state index contributed by atoms with van der Waals surface area (Å²) in [7, 11) is -3.98. The highest BCUT2D eigenvalue weighted by Crippen LogP contribution is 2.17. The highest BCUT2D eigenvalue weighted by atomic mass is 32.2. The molecule has 0 saturated heterocycles. The Bertz CT molecular complexity index is 655. The van der Waals surface area contributed by atoms with Crippen LogP contribution in [0.4, 0.5) is 0 Å². The predicted octanol–water partition coefficient (Wildman–Crippen LogP) is 0.300. The van der Waals surface area contributed by atoms with Crippen LogP contribution in [0, 0.1) is 13.8 Å². The van der Waals surface area contributed by atoms with E-state index in [4.69, 9.17) is 10.8 Å². The van der Waals surface area contributed by atoms with E-state index >= 15 is 0 Å². The molecule has 0 spiro atoms. The van der Waals surface area contributed by atoms with Crippen molar-refractivity contribution in [1.82, 2.24) is 4.72 Å². The molecule has 0 radical (unpaired) electrons. The maximum absolute atomic E-state index is 12.2. The number of hydrogen-bond acceptors (Lipinski definition) is 4. The average Bonchev–Trinajstić information content (AvgIpc) is 2.33. The fourth-order valence-corrected chi connectivity index (χ4v) is 3.32. The maximum Gasteiger partial charge on any atom is 0.321 e. The standard InChI is InChI=1S/C13H18N2O5S/c1-8-3-5-11(9(2)7-8)21(19,20)15-10(13(17)18)4-6-12(14)16/h3,5,7,10,15H,4,6H2,1-2H3,(H2,14,16)(H,17,18). The molecular formula is C13H18N2O5S. The van der Waals surface area contributed by atoms with E-state index in [1.165, 1.54) is 6.07 Å². The van der Waals surface area contributed by atoms with Crippen molar-refractivity contribution in [3.05, 3.63) is 29.3 Å². The number of sulfonamides is 1. The summed E-state index contributed by atoms with van der Waals surface area (Å²) in [6, 6.07) is 3.33. The minimum Gasteiger partial charge on any atom is -0.480 e. The lowest BCUT2D eigenvalue weighted by Crippen LogP contribution is -2.41. The lowest BCUT2D eigenvalue weighted by molar-refractivity contribution is -0.139. The fraction of sp³-hybridized carbons (Fsp3) is 0.385. The number of aliphatic carboxylic acids is 1. The zero-order chi connectivity index (χ0) is 16.2. The molecule has 8 heteroatoms. The number of benzene rings is 1. The normalized spacial score (nSPS) is 12.9. The second kappa shape index (κ2) is 6.68. The third-order valence-corrected chi connectivity index (χ3v) is 4.53. The van der Waals surface area contributed by atoms with Gasteiger partial charge in [0, 0.05) is 6.42 Å². The Morgan fingerprint density at radius 2 is 1.95 bits per heavy atom. The van der Waals surface area contributed by atoms with Crippen molar-refractivity contribution in [2.75, 3.05) is 0 Å². The smallest absolute Gasteiger partial charge is 0.321 e. The maximum atomic E-state index is 12.2. The molecule has 1 unspecified atom stereocenters. The molecular weight excluding hydrogens is 296 g/mol. The van der Waals surface area contributed by atoms with E-state index in [2.05, 4.69) is 4.72 Å². The van der Waals surface area contributed by atoms with Gasteiger partial charge in [0.2, 0.25) is 15.9 Å².